The SMILES string of the molecule is CCC(C)[C@@H]1NC(=O)[C@@H]2CCCN2C(=O)[C@H](Cc2c[nH]c3ccccc23)NC(=O)[C@H](CC(C)C)NC(=O)[C@H](CC(C)C)NC(=O)[C@H](C(C)C)NC(=O)[C@H](Cc2c[nH]c3ccccc23)NC(=O)[C@@H]2CCCN2C(=O)[C@@H]2CSC(=N2)c2cccc(n2)C[C@@H](C(N)=O)NC(=O)[C@H](CC(C)C)NC(=O)[C@H](CO)NC(=O)[C@@H]2CCCN2C(=O)[C@H](C(C)C)CC(=O)[C@H](CC(C)C)NC1=O. The molecule has 696 valence electrons. The van der Waals surface area contributed by atoms with Gasteiger partial charge in [0.15, 0.2) is 5.78 Å². The van der Waals surface area contributed by atoms with Crippen LogP contribution in [0.5, 0.6) is 0 Å². The number of benzene rings is 2. The molecule has 0 radical (unpaired) electrons. The number of carbonyl (C=O) groups excluding carboxylic acids is 15. The lowest BCUT2D eigenvalue weighted by Crippen LogP contribution is -2.61. The van der Waals surface area contributed by atoms with Gasteiger partial charge >= 0.3 is 0 Å². The summed E-state index contributed by atoms with van der Waals surface area (Å²) in [7, 11) is 0. The Morgan fingerprint density at radius 3 is 1.38 bits per heavy atom. The molecule has 128 heavy (non-hydrogen) atoms. The van der Waals surface area contributed by atoms with Crippen LogP contribution >= 0.6 is 11.8 Å². The Bertz CT molecular complexity index is 4890. The van der Waals surface area contributed by atoms with Crippen molar-refractivity contribution in [1.82, 2.24) is 82.8 Å². The number of primary amides is 1. The van der Waals surface area contributed by atoms with Crippen molar-refractivity contribution in [3.05, 3.63) is 102 Å². The molecule has 0 spiro atoms. The molecule has 15 N–H and O–H groups in total. The first-order valence-electron chi connectivity index (χ1n) is 45.5. The minimum atomic E-state index is -1.64. The van der Waals surface area contributed by atoms with Gasteiger partial charge in [-0.1, -0.05) is 146 Å². The van der Waals surface area contributed by atoms with Gasteiger partial charge in [-0.25, -0.2) is 0 Å². The van der Waals surface area contributed by atoms with Gasteiger partial charge in [0, 0.05) is 96.9 Å². The minimum absolute atomic E-state index is 0.0206. The van der Waals surface area contributed by atoms with Gasteiger partial charge in [0.25, 0.3) is 0 Å². The van der Waals surface area contributed by atoms with E-state index in [1.165, 1.54) is 26.5 Å². The molecular weight excluding hydrogens is 1660 g/mol. The van der Waals surface area contributed by atoms with Crippen LogP contribution in [0, 0.1) is 47.3 Å². The highest BCUT2D eigenvalue weighted by molar-refractivity contribution is 8.14. The van der Waals surface area contributed by atoms with Gasteiger partial charge in [-0.3, -0.25) is 81.9 Å². The summed E-state index contributed by atoms with van der Waals surface area (Å²) in [6.45, 7) is 24.7. The summed E-state index contributed by atoms with van der Waals surface area (Å²) in [4.78, 5) is 243. The molecule has 3 fully saturated rings. The number of fused-ring (bicyclic) bond motifs is 9. The predicted molar refractivity (Wildman–Crippen MR) is 485 cm³/mol. The van der Waals surface area contributed by atoms with Gasteiger partial charge in [-0.2, -0.15) is 0 Å². The molecular formula is C93H132N18O16S. The van der Waals surface area contributed by atoms with Gasteiger partial charge in [-0.15, -0.1) is 11.8 Å². The van der Waals surface area contributed by atoms with Crippen molar-refractivity contribution in [3.63, 3.8) is 0 Å². The number of para-hydroxylation sites is 2. The molecule has 16 atom stereocenters. The van der Waals surface area contributed by atoms with Crippen molar-refractivity contribution in [1.29, 1.82) is 0 Å². The van der Waals surface area contributed by atoms with E-state index < -0.39 is 203 Å². The molecule has 8 heterocycles. The zero-order valence-electron chi connectivity index (χ0n) is 76.1. The molecule has 3 saturated heterocycles. The summed E-state index contributed by atoms with van der Waals surface area (Å²) in [5.41, 5.74) is 9.39. The molecule has 1 unspecified atom stereocenters. The zero-order chi connectivity index (χ0) is 93.2. The Balaban J connectivity index is 0.967. The van der Waals surface area contributed by atoms with E-state index in [-0.39, 0.29) is 125 Å². The number of rotatable bonds is 18. The Morgan fingerprint density at radius 2 is 0.875 bits per heavy atom. The number of H-pyrrole nitrogens is 2. The minimum Gasteiger partial charge on any atom is -0.394 e. The van der Waals surface area contributed by atoms with E-state index in [1.54, 1.807) is 79.1 Å². The van der Waals surface area contributed by atoms with Gasteiger partial charge in [0.1, 0.15) is 83.6 Å². The van der Waals surface area contributed by atoms with Crippen molar-refractivity contribution < 1.29 is 77.0 Å². The molecule has 14 amide bonds. The summed E-state index contributed by atoms with van der Waals surface area (Å²) < 4.78 is 0. The monoisotopic (exact) mass is 1790 g/mol. The maximum atomic E-state index is 15.6. The highest BCUT2D eigenvalue weighted by Crippen LogP contribution is 2.32. The lowest BCUT2D eigenvalue weighted by Gasteiger charge is -2.33. The molecule has 5 aliphatic heterocycles. The van der Waals surface area contributed by atoms with Crippen LogP contribution in [0.2, 0.25) is 0 Å². The first-order valence-corrected chi connectivity index (χ1v) is 46.5. The Kier molecular flexibility index (Phi) is 35.0. The average Bonchev–Trinajstić information content (AvgIpc) is 1.69. The fraction of sp³-hybridized carbons (Fsp3) is 0.602. The number of Topliss-reactive ketones (excluding diaryl/α,β-unsaturated/α-hetero) is 1. The molecule has 5 aliphatic rings. The van der Waals surface area contributed by atoms with Crippen molar-refractivity contribution in [2.24, 2.45) is 58.1 Å². The first-order chi connectivity index (χ1) is 60.8. The standard InChI is InChI=1S/C93H132N18O16S/c1-15-54(14)78-89(124)98-64(36-48(2)3)76(113)43-60(52(10)11)91(125)109-33-21-30-73(109)86(121)105-71(46-112)84(119)101-66(37-49(4)5)80(115)99-65(79(94)114)42-57-24-20-29-63(97-57)90-106-72(47-128-90)93(127)111-35-22-31-74(111)85(120)102-69(40-55-44-95-61-27-18-16-25-58(55)61)83(118)107-77(53(12)13)88(123)103-68(39-51(8)9)81(116)100-67(38-50(6)7)82(117)104-70(41-56-45-96-62-28-19-17-26-59(56)62)92(126)110-34-23-32-75(110)87(122)108-78/h16-20,24-29,44-45,48-54,60,64-75,77-78,95-96,112H,15,21-23,30-43,46-47H2,1-14H3,(H2,94,114)(H,98,124)(H,99,115)(H,100,116)(H,101,119)(H,102,120)(H,103,123)(H,104,117)(H,105,121)(H,107,118)(H,108,122)/t54?,60-,64-,65-,66-,67-,68-,69-,70-,71-,72-,73-,74-,75-,77-,78-/m0/s1. The summed E-state index contributed by atoms with van der Waals surface area (Å²) >= 11 is 1.24. The van der Waals surface area contributed by atoms with Crippen LogP contribution in [0.25, 0.3) is 21.8 Å². The maximum absolute atomic E-state index is 15.6. The van der Waals surface area contributed by atoms with Crippen LogP contribution in [-0.2, 0) is 91.2 Å². The number of thioether (sulfide) groups is 1. The predicted octanol–water partition coefficient (Wildman–Crippen LogP) is 4.36. The fourth-order valence-corrected chi connectivity index (χ4v) is 18.6. The second kappa shape index (κ2) is 45.2. The number of aromatic nitrogens is 3. The third-order valence-corrected chi connectivity index (χ3v) is 25.9. The number of aliphatic hydroxyl groups excluding tert-OH is 1. The lowest BCUT2D eigenvalue weighted by molar-refractivity contribution is -0.145. The molecule has 0 saturated carbocycles. The summed E-state index contributed by atoms with van der Waals surface area (Å²) in [5, 5.41) is 41.1. The number of aliphatic imine (C=N–C) groups is 1. The number of aliphatic hydroxyl groups is 1. The van der Waals surface area contributed by atoms with Gasteiger partial charge in [0.05, 0.1) is 18.3 Å². The Labute approximate surface area is 752 Å². The van der Waals surface area contributed by atoms with Crippen LogP contribution in [0.1, 0.15) is 196 Å². The van der Waals surface area contributed by atoms with Crippen LogP contribution in [-0.4, -0.2) is 245 Å². The third-order valence-electron chi connectivity index (χ3n) is 24.8. The molecule has 0 aliphatic carbocycles. The Morgan fingerprint density at radius 1 is 0.453 bits per heavy atom. The number of pyridine rings is 1. The first kappa shape index (κ1) is 99.1. The van der Waals surface area contributed by atoms with Crippen molar-refractivity contribution >= 4 is 127 Å². The van der Waals surface area contributed by atoms with Crippen LogP contribution in [0.15, 0.2) is 84.1 Å². The second-order valence-electron chi connectivity index (χ2n) is 37.4. The second-order valence-corrected chi connectivity index (χ2v) is 38.4. The molecule has 5 aromatic rings. The highest BCUT2D eigenvalue weighted by atomic mass is 32.2. The molecule has 2 aromatic carbocycles. The number of ketones is 1. The largest absolute Gasteiger partial charge is 0.394 e. The number of aromatic amines is 2. The van der Waals surface area contributed by atoms with Gasteiger partial charge in [0.2, 0.25) is 82.7 Å². The van der Waals surface area contributed by atoms with Crippen LogP contribution < -0.4 is 58.9 Å². The number of hydrogen-bond acceptors (Lipinski definition) is 19. The van der Waals surface area contributed by atoms with E-state index >= 15 is 33.6 Å². The Hall–Kier alpha value is -11.1. The molecule has 3 aromatic heterocycles. The smallest absolute Gasteiger partial charge is 0.248 e. The number of amides is 14. The quantitative estimate of drug-likeness (QED) is 0.0579. The summed E-state index contributed by atoms with van der Waals surface area (Å²) in [5.74, 6) is -14.0. The average molecular weight is 1790 g/mol. The topological polar surface area (TPSA) is 489 Å². The third kappa shape index (κ3) is 25.5. The normalized spacial score (nSPS) is 26.8. The van der Waals surface area contributed by atoms with Crippen molar-refractivity contribution in [3.8, 4) is 0 Å². The van der Waals surface area contributed by atoms with E-state index in [9.17, 15) is 43.5 Å². The fourth-order valence-electron chi connectivity index (χ4n) is 17.6. The van der Waals surface area contributed by atoms with Crippen molar-refractivity contribution in [2.75, 3.05) is 32.0 Å². The van der Waals surface area contributed by atoms with E-state index in [0.29, 0.717) is 47.5 Å². The van der Waals surface area contributed by atoms with Crippen molar-refractivity contribution in [2.45, 2.75) is 278 Å². The highest BCUT2D eigenvalue weighted by Gasteiger charge is 2.47. The van der Waals surface area contributed by atoms with E-state index in [4.69, 9.17) is 15.7 Å². The van der Waals surface area contributed by atoms with Gasteiger partial charge < -0.3 is 88.7 Å². The molecule has 34 nitrogen and oxygen atoms in total. The van der Waals surface area contributed by atoms with E-state index in [0.717, 1.165) is 21.8 Å². The number of nitrogens with one attached hydrogen (secondary N) is 12. The number of carbonyl (C=O) groups is 15. The lowest BCUT2D eigenvalue weighted by atomic mass is 9.85. The molecule has 4 bridgehead atoms. The molecule has 35 heteroatoms. The van der Waals surface area contributed by atoms with Gasteiger partial charge in [-0.05, 0) is 141 Å². The molecule has 10 rings (SSSR count). The maximum Gasteiger partial charge on any atom is 0.248 e. The number of nitrogens with zero attached hydrogens (tertiary/aromatic N) is 5. The van der Waals surface area contributed by atoms with E-state index in [1.807, 2.05) is 97.0 Å². The van der Waals surface area contributed by atoms with Crippen LogP contribution in [0.4, 0.5) is 0 Å². The number of nitrogens with two attached hydrogens (primary N) is 1. The summed E-state index contributed by atoms with van der Waals surface area (Å²) in [6, 6.07) is 1.96. The number of hydrogen-bond donors (Lipinski definition) is 14. The van der Waals surface area contributed by atoms with Crippen LogP contribution in [0.3, 0.4) is 0 Å². The summed E-state index contributed by atoms with van der Waals surface area (Å²) in [6.07, 6.45) is 5.07. The zero-order valence-corrected chi connectivity index (χ0v) is 77.0. The van der Waals surface area contributed by atoms with E-state index in [2.05, 4.69) is 63.1 Å².